The van der Waals surface area contributed by atoms with Gasteiger partial charge in [0.05, 0.1) is 0 Å². The first-order valence-corrected chi connectivity index (χ1v) is 7.62. The quantitative estimate of drug-likeness (QED) is 0.437. The van der Waals surface area contributed by atoms with Gasteiger partial charge < -0.3 is 10.6 Å². The van der Waals surface area contributed by atoms with Gasteiger partial charge in [0.1, 0.15) is 0 Å². The second kappa shape index (κ2) is 14.9. The van der Waals surface area contributed by atoms with Crippen LogP contribution in [-0.4, -0.2) is 30.2 Å². The van der Waals surface area contributed by atoms with E-state index in [1.807, 2.05) is 31.6 Å². The molecule has 0 aromatic carbocycles. The smallest absolute Gasteiger partial charge is 0.166 e. The Bertz CT molecular complexity index is 110. The minimum absolute atomic E-state index is 0.759. The molecule has 2 nitrogen and oxygen atoms in total. The monoisotopic (exact) mass is 240 g/mol. The van der Waals surface area contributed by atoms with Crippen LogP contribution in [0.4, 0.5) is 0 Å². The minimum Gasteiger partial charge on any atom is -0.363 e. The number of nitrogens with one attached hydrogen (secondary N) is 2. The second-order valence-corrected chi connectivity index (χ2v) is 4.87. The third kappa shape index (κ3) is 15.2. The maximum absolute atomic E-state index is 4.96. The van der Waals surface area contributed by atoms with E-state index in [1.165, 1.54) is 0 Å². The van der Waals surface area contributed by atoms with Crippen LogP contribution in [0.25, 0.3) is 0 Å². The molecule has 0 radical (unpaired) electrons. The predicted octanol–water partition coefficient (Wildman–Crippen LogP) is 2.51. The lowest BCUT2D eigenvalue weighted by molar-refractivity contribution is 0.888. The standard InChI is InChI=1S/C6H14N2S3.C2H6/c1-3-7-6(9)8-4-5-11-10-2;1-2/h3-5H2,1-2H3,(H2,7,8,9);1-2H3. The third-order valence-electron chi connectivity index (χ3n) is 0.926. The van der Waals surface area contributed by atoms with Crippen molar-refractivity contribution in [3.05, 3.63) is 0 Å². The highest BCUT2D eigenvalue weighted by atomic mass is 33.1. The maximum atomic E-state index is 4.96. The summed E-state index contributed by atoms with van der Waals surface area (Å²) in [6, 6.07) is 0. The van der Waals surface area contributed by atoms with Gasteiger partial charge in [-0.2, -0.15) is 0 Å². The van der Waals surface area contributed by atoms with Crippen molar-refractivity contribution in [1.82, 2.24) is 10.6 Å². The van der Waals surface area contributed by atoms with Crippen LogP contribution in [0.3, 0.4) is 0 Å². The molecule has 0 aromatic rings. The molecule has 0 fully saturated rings. The van der Waals surface area contributed by atoms with Gasteiger partial charge in [-0.05, 0) is 25.4 Å². The van der Waals surface area contributed by atoms with E-state index in [1.54, 1.807) is 10.8 Å². The van der Waals surface area contributed by atoms with E-state index in [4.69, 9.17) is 12.2 Å². The van der Waals surface area contributed by atoms with Crippen molar-refractivity contribution in [1.29, 1.82) is 0 Å². The molecule has 80 valence electrons. The Labute approximate surface area is 95.4 Å². The van der Waals surface area contributed by atoms with Crippen LogP contribution in [0.5, 0.6) is 0 Å². The van der Waals surface area contributed by atoms with Crippen molar-refractivity contribution in [3.8, 4) is 0 Å². The Morgan fingerprint density at radius 1 is 1.31 bits per heavy atom. The Morgan fingerprint density at radius 2 is 1.92 bits per heavy atom. The molecule has 0 aromatic heterocycles. The first-order valence-electron chi connectivity index (χ1n) is 4.48. The van der Waals surface area contributed by atoms with Gasteiger partial charge in [-0.15, -0.1) is 0 Å². The molecule has 0 atom stereocenters. The lowest BCUT2D eigenvalue weighted by Crippen LogP contribution is -2.36. The van der Waals surface area contributed by atoms with Crippen LogP contribution in [0.15, 0.2) is 0 Å². The molecular formula is C8H20N2S3. The summed E-state index contributed by atoms with van der Waals surface area (Å²) in [5, 5.41) is 6.89. The van der Waals surface area contributed by atoms with Gasteiger partial charge in [-0.1, -0.05) is 35.4 Å². The molecule has 0 saturated carbocycles. The summed E-state index contributed by atoms with van der Waals surface area (Å²) < 4.78 is 0. The molecule has 0 rings (SSSR count). The van der Waals surface area contributed by atoms with Crippen LogP contribution < -0.4 is 10.6 Å². The molecule has 0 spiro atoms. The van der Waals surface area contributed by atoms with Gasteiger partial charge >= 0.3 is 0 Å². The predicted molar refractivity (Wildman–Crippen MR) is 71.6 cm³/mol. The minimum atomic E-state index is 0.759. The number of rotatable bonds is 5. The second-order valence-electron chi connectivity index (χ2n) is 1.77. The van der Waals surface area contributed by atoms with Gasteiger partial charge in [0.2, 0.25) is 0 Å². The van der Waals surface area contributed by atoms with E-state index in [-0.39, 0.29) is 0 Å². The molecule has 0 aliphatic heterocycles. The number of hydrogen-bond donors (Lipinski definition) is 2. The molecule has 0 aliphatic carbocycles. The Morgan fingerprint density at radius 3 is 2.38 bits per heavy atom. The Kier molecular flexibility index (Phi) is 18.1. The number of thiocarbonyl (C=S) groups is 1. The van der Waals surface area contributed by atoms with Gasteiger partial charge in [-0.25, -0.2) is 0 Å². The summed E-state index contributed by atoms with van der Waals surface area (Å²) in [6.45, 7) is 7.86. The number of hydrogen-bond acceptors (Lipinski definition) is 3. The first-order chi connectivity index (χ1) is 6.31. The summed E-state index contributed by atoms with van der Waals surface area (Å²) >= 11 is 4.96. The first kappa shape index (κ1) is 15.8. The third-order valence-corrected chi connectivity index (χ3v) is 3.03. The van der Waals surface area contributed by atoms with E-state index in [0.29, 0.717) is 0 Å². The van der Waals surface area contributed by atoms with Gasteiger partial charge in [0, 0.05) is 18.8 Å². The largest absolute Gasteiger partial charge is 0.363 e. The maximum Gasteiger partial charge on any atom is 0.166 e. The van der Waals surface area contributed by atoms with Crippen LogP contribution in [0, 0.1) is 0 Å². The van der Waals surface area contributed by atoms with E-state index >= 15 is 0 Å². The van der Waals surface area contributed by atoms with Crippen molar-refractivity contribution in [2.75, 3.05) is 25.1 Å². The van der Waals surface area contributed by atoms with E-state index in [0.717, 1.165) is 24.0 Å². The van der Waals surface area contributed by atoms with Crippen LogP contribution in [0.1, 0.15) is 20.8 Å². The molecular weight excluding hydrogens is 220 g/mol. The lowest BCUT2D eigenvalue weighted by Gasteiger charge is -2.06. The van der Waals surface area contributed by atoms with Crippen molar-refractivity contribution in [2.45, 2.75) is 20.8 Å². The fourth-order valence-corrected chi connectivity index (χ4v) is 1.86. The highest BCUT2D eigenvalue weighted by molar-refractivity contribution is 8.76. The SMILES string of the molecule is CC.CCNC(=S)NCCSSC. The highest BCUT2D eigenvalue weighted by Crippen LogP contribution is 2.14. The fourth-order valence-electron chi connectivity index (χ4n) is 0.513. The Balaban J connectivity index is 0. The zero-order chi connectivity index (χ0) is 10.5. The van der Waals surface area contributed by atoms with Gasteiger partial charge in [0.25, 0.3) is 0 Å². The highest BCUT2D eigenvalue weighted by Gasteiger charge is 1.90. The van der Waals surface area contributed by atoms with Crippen molar-refractivity contribution in [3.63, 3.8) is 0 Å². The zero-order valence-corrected chi connectivity index (χ0v) is 11.3. The average molecular weight is 240 g/mol. The van der Waals surface area contributed by atoms with Crippen LogP contribution >= 0.6 is 33.8 Å². The molecule has 0 bridgehead atoms. The summed E-state index contributed by atoms with van der Waals surface area (Å²) in [7, 11) is 3.61. The molecule has 2 N–H and O–H groups in total. The van der Waals surface area contributed by atoms with E-state index < -0.39 is 0 Å². The van der Waals surface area contributed by atoms with Gasteiger partial charge in [-0.3, -0.25) is 0 Å². The molecule has 0 saturated heterocycles. The van der Waals surface area contributed by atoms with E-state index in [9.17, 15) is 0 Å². The molecule has 5 heteroatoms. The molecule has 0 aliphatic rings. The lowest BCUT2D eigenvalue weighted by atomic mass is 10.7. The molecule has 0 heterocycles. The van der Waals surface area contributed by atoms with Crippen LogP contribution in [0.2, 0.25) is 0 Å². The zero-order valence-electron chi connectivity index (χ0n) is 8.85. The summed E-state index contributed by atoms with van der Waals surface area (Å²) in [5.41, 5.74) is 0. The Hall–Kier alpha value is 0.390. The molecule has 13 heavy (non-hydrogen) atoms. The fraction of sp³-hybridized carbons (Fsp3) is 0.875. The molecule has 0 amide bonds. The molecule has 0 unspecified atom stereocenters. The summed E-state index contributed by atoms with van der Waals surface area (Å²) in [6.07, 6.45) is 2.08. The van der Waals surface area contributed by atoms with Crippen LogP contribution in [-0.2, 0) is 0 Å². The average Bonchev–Trinajstić information content (AvgIpc) is 2.16. The van der Waals surface area contributed by atoms with Crippen molar-refractivity contribution in [2.24, 2.45) is 0 Å². The summed E-state index contributed by atoms with van der Waals surface area (Å²) in [4.78, 5) is 0. The van der Waals surface area contributed by atoms with Crippen molar-refractivity contribution >= 4 is 38.9 Å². The topological polar surface area (TPSA) is 24.1 Å². The van der Waals surface area contributed by atoms with Gasteiger partial charge in [0.15, 0.2) is 5.11 Å². The van der Waals surface area contributed by atoms with E-state index in [2.05, 4.69) is 16.9 Å². The van der Waals surface area contributed by atoms with Crippen molar-refractivity contribution < 1.29 is 0 Å². The summed E-state index contributed by atoms with van der Waals surface area (Å²) in [5.74, 6) is 1.09. The normalized spacial score (nSPS) is 8.31.